The Hall–Kier alpha value is -3.41. The van der Waals surface area contributed by atoms with Gasteiger partial charge < -0.3 is 47.7 Å². The molecule has 2 aliphatic heterocycles. The van der Waals surface area contributed by atoms with Crippen LogP contribution < -0.4 is 28.4 Å². The molecule has 2 heterocycles. The Morgan fingerprint density at radius 2 is 1.32 bits per heavy atom. The summed E-state index contributed by atoms with van der Waals surface area (Å²) < 4.78 is 45.9. The van der Waals surface area contributed by atoms with Crippen LogP contribution >= 0.6 is 0 Å². The molecule has 0 N–H and O–H groups in total. The number of carbonyl (C=O) groups is 1. The molecule has 4 bridgehead atoms. The van der Waals surface area contributed by atoms with Crippen molar-refractivity contribution in [2.24, 2.45) is 0 Å². The lowest BCUT2D eigenvalue weighted by Crippen LogP contribution is -2.34. The van der Waals surface area contributed by atoms with Crippen molar-refractivity contribution in [1.29, 1.82) is 0 Å². The lowest BCUT2D eigenvalue weighted by molar-refractivity contribution is 0.0221. The zero-order chi connectivity index (χ0) is 31.3. The van der Waals surface area contributed by atoms with E-state index < -0.39 is 5.97 Å². The Bertz CT molecular complexity index is 1180. The van der Waals surface area contributed by atoms with Gasteiger partial charge in [-0.15, -0.1) is 0 Å². The van der Waals surface area contributed by atoms with Crippen molar-refractivity contribution >= 4 is 5.97 Å². The largest absolute Gasteiger partial charge is 0.493 e. The summed E-state index contributed by atoms with van der Waals surface area (Å²) in [4.78, 5) is 18.4. The first kappa shape index (κ1) is 33.5. The molecule has 2 aromatic carbocycles. The van der Waals surface area contributed by atoms with Crippen LogP contribution in [0.5, 0.6) is 34.5 Å². The van der Waals surface area contributed by atoms with Gasteiger partial charge in [-0.2, -0.15) is 0 Å². The number of benzene rings is 2. The summed E-state index contributed by atoms with van der Waals surface area (Å²) in [5.41, 5.74) is 1.30. The van der Waals surface area contributed by atoms with E-state index in [0.717, 1.165) is 64.1 Å². The first-order valence-corrected chi connectivity index (χ1v) is 15.4. The number of rotatable bonds is 7. The molecule has 0 aliphatic carbocycles. The standard InChI is InChI=1S/C33H48N2O9/c1-37-27-19-24-20-30(32(27)41-5)43-18-6-9-26(10-14-35-12-7-11-34(15-16-35)13-8-17-42-23-24)44-33(36)25-21-28(38-2)31(40-4)29(22-25)39-3/h19-22,26H,6-18,23H2,1-5H3. The number of fused-ring (bicyclic) bond motifs is 5. The molecule has 4 rings (SSSR count). The van der Waals surface area contributed by atoms with Crippen LogP contribution in [-0.4, -0.2) is 110 Å². The first-order valence-electron chi connectivity index (χ1n) is 15.4. The smallest absolute Gasteiger partial charge is 0.338 e. The maximum absolute atomic E-state index is 13.4. The van der Waals surface area contributed by atoms with Crippen molar-refractivity contribution in [3.8, 4) is 34.5 Å². The van der Waals surface area contributed by atoms with Gasteiger partial charge in [0, 0.05) is 32.8 Å². The second kappa shape index (κ2) is 17.2. The number of hydrogen-bond donors (Lipinski definition) is 0. The molecule has 0 radical (unpaired) electrons. The van der Waals surface area contributed by atoms with Crippen LogP contribution in [0.1, 0.15) is 48.0 Å². The van der Waals surface area contributed by atoms with E-state index >= 15 is 0 Å². The predicted octanol–water partition coefficient (Wildman–Crippen LogP) is 4.43. The van der Waals surface area contributed by atoms with Crippen LogP contribution in [0.15, 0.2) is 24.3 Å². The van der Waals surface area contributed by atoms with Gasteiger partial charge in [-0.25, -0.2) is 4.79 Å². The van der Waals surface area contributed by atoms with Crippen LogP contribution in [0.3, 0.4) is 0 Å². The van der Waals surface area contributed by atoms with E-state index in [-0.39, 0.29) is 6.10 Å². The van der Waals surface area contributed by atoms with Crippen LogP contribution in [-0.2, 0) is 16.1 Å². The van der Waals surface area contributed by atoms with Gasteiger partial charge in [-0.05, 0) is 75.0 Å². The minimum absolute atomic E-state index is 0.303. The molecule has 1 saturated heterocycles. The van der Waals surface area contributed by atoms with Crippen molar-refractivity contribution < 1.29 is 42.7 Å². The number of hydrogen-bond acceptors (Lipinski definition) is 11. The lowest BCUT2D eigenvalue weighted by atomic mass is 10.1. The highest BCUT2D eigenvalue weighted by Gasteiger charge is 2.23. The van der Waals surface area contributed by atoms with Crippen LogP contribution in [0.2, 0.25) is 0 Å². The van der Waals surface area contributed by atoms with Gasteiger partial charge in [0.1, 0.15) is 6.10 Å². The van der Waals surface area contributed by atoms with Gasteiger partial charge in [0.2, 0.25) is 11.5 Å². The van der Waals surface area contributed by atoms with Gasteiger partial charge in [0.05, 0.1) is 54.3 Å². The molecule has 0 aromatic heterocycles. The molecule has 11 heteroatoms. The second-order valence-corrected chi connectivity index (χ2v) is 11.0. The number of carbonyl (C=O) groups excluding carboxylic acids is 1. The van der Waals surface area contributed by atoms with E-state index in [0.29, 0.717) is 72.7 Å². The van der Waals surface area contributed by atoms with Crippen LogP contribution in [0, 0.1) is 0 Å². The Balaban J connectivity index is 1.52. The van der Waals surface area contributed by atoms with E-state index in [2.05, 4.69) is 9.80 Å². The van der Waals surface area contributed by atoms with E-state index in [9.17, 15) is 4.79 Å². The fourth-order valence-electron chi connectivity index (χ4n) is 5.73. The third kappa shape index (κ3) is 9.06. The summed E-state index contributed by atoms with van der Waals surface area (Å²) in [7, 11) is 7.79. The van der Waals surface area contributed by atoms with Gasteiger partial charge in [-0.1, -0.05) is 0 Å². The van der Waals surface area contributed by atoms with Crippen molar-refractivity contribution in [3.63, 3.8) is 0 Å². The average Bonchev–Trinajstić information content (AvgIpc) is 3.28. The summed E-state index contributed by atoms with van der Waals surface area (Å²) >= 11 is 0. The average molecular weight is 617 g/mol. The fraction of sp³-hybridized carbons (Fsp3) is 0.606. The Kier molecular flexibility index (Phi) is 13.1. The molecule has 2 aromatic rings. The molecule has 0 amide bonds. The first-order chi connectivity index (χ1) is 21.5. The van der Waals surface area contributed by atoms with Gasteiger partial charge in [-0.3, -0.25) is 0 Å². The molecule has 3 unspecified atom stereocenters. The Morgan fingerprint density at radius 3 is 1.98 bits per heavy atom. The number of ether oxygens (including phenoxy) is 8. The number of nitrogens with zero attached hydrogens (tertiary/aromatic N) is 2. The minimum Gasteiger partial charge on any atom is -0.493 e. The Labute approximate surface area is 261 Å². The third-order valence-electron chi connectivity index (χ3n) is 8.09. The van der Waals surface area contributed by atoms with Crippen LogP contribution in [0.4, 0.5) is 0 Å². The van der Waals surface area contributed by atoms with E-state index in [1.165, 1.54) is 21.3 Å². The summed E-state index contributed by atoms with van der Waals surface area (Å²) in [6.45, 7) is 7.52. The summed E-state index contributed by atoms with van der Waals surface area (Å²) in [5, 5.41) is 0. The molecule has 0 spiro atoms. The highest BCUT2D eigenvalue weighted by atomic mass is 16.6. The molecular formula is C33H48N2O9. The molecule has 244 valence electrons. The van der Waals surface area contributed by atoms with Crippen molar-refractivity contribution in [1.82, 2.24) is 9.80 Å². The van der Waals surface area contributed by atoms with Gasteiger partial charge >= 0.3 is 5.97 Å². The van der Waals surface area contributed by atoms with Crippen molar-refractivity contribution in [3.05, 3.63) is 35.4 Å². The Morgan fingerprint density at radius 1 is 0.682 bits per heavy atom. The van der Waals surface area contributed by atoms with Gasteiger partial charge in [0.25, 0.3) is 0 Å². The topological polar surface area (TPSA) is 97.4 Å². The molecular weight excluding hydrogens is 568 g/mol. The molecule has 1 fully saturated rings. The maximum atomic E-state index is 13.4. The summed E-state index contributed by atoms with van der Waals surface area (Å²) in [6.07, 6.45) is 3.80. The SMILES string of the molecule is COc1cc(C(=O)OC2CCCOc3cc(cc(OC)c3OC)COCCCN3CCCN(CC2)CC3)cc(OC)c1OC. The summed E-state index contributed by atoms with van der Waals surface area (Å²) in [5.74, 6) is 2.53. The maximum Gasteiger partial charge on any atom is 0.338 e. The van der Waals surface area contributed by atoms with Crippen molar-refractivity contribution in [2.75, 3.05) is 88.0 Å². The molecule has 11 nitrogen and oxygen atoms in total. The predicted molar refractivity (Wildman–Crippen MR) is 166 cm³/mol. The highest BCUT2D eigenvalue weighted by molar-refractivity contribution is 5.91. The van der Waals surface area contributed by atoms with Crippen LogP contribution in [0.25, 0.3) is 0 Å². The minimum atomic E-state index is -0.435. The summed E-state index contributed by atoms with van der Waals surface area (Å²) in [6, 6.07) is 7.11. The highest BCUT2D eigenvalue weighted by Crippen LogP contribution is 2.40. The third-order valence-corrected chi connectivity index (χ3v) is 8.09. The second-order valence-electron chi connectivity index (χ2n) is 11.0. The van der Waals surface area contributed by atoms with E-state index in [1.807, 2.05) is 12.1 Å². The zero-order valence-electron chi connectivity index (χ0n) is 26.9. The van der Waals surface area contributed by atoms with Gasteiger partial charge in [0.15, 0.2) is 23.0 Å². The van der Waals surface area contributed by atoms with Crippen molar-refractivity contribution in [2.45, 2.75) is 44.8 Å². The molecule has 0 saturated carbocycles. The van der Waals surface area contributed by atoms with E-state index in [4.69, 9.17) is 37.9 Å². The normalized spacial score (nSPS) is 21.8. The number of methoxy groups -OCH3 is 5. The zero-order valence-corrected chi connectivity index (χ0v) is 26.9. The fourth-order valence-corrected chi connectivity index (χ4v) is 5.73. The quantitative estimate of drug-likeness (QED) is 0.413. The molecule has 3 atom stereocenters. The lowest BCUT2D eigenvalue weighted by Gasteiger charge is -2.25. The van der Waals surface area contributed by atoms with E-state index in [1.54, 1.807) is 26.4 Å². The number of esters is 1. The monoisotopic (exact) mass is 616 g/mol. The molecule has 2 aliphatic rings. The molecule has 44 heavy (non-hydrogen) atoms.